The molecular formula is C18H15NO5S3. The van der Waals surface area contributed by atoms with E-state index in [1.807, 2.05) is 11.6 Å². The van der Waals surface area contributed by atoms with E-state index in [1.54, 1.807) is 30.3 Å². The first-order chi connectivity index (χ1) is 12.7. The first-order valence-electron chi connectivity index (χ1n) is 7.73. The zero-order valence-corrected chi connectivity index (χ0v) is 16.6. The van der Waals surface area contributed by atoms with E-state index >= 15 is 0 Å². The molecule has 140 valence electrons. The minimum absolute atomic E-state index is 0.0652. The number of nitrogens with one attached hydrogen (secondary N) is 1. The van der Waals surface area contributed by atoms with Gasteiger partial charge in [0.1, 0.15) is 4.21 Å². The topological polar surface area (TPSA) is 97.4 Å². The van der Waals surface area contributed by atoms with E-state index in [0.29, 0.717) is 0 Å². The fraction of sp³-hybridized carbons (Fsp3) is 0.0556. The van der Waals surface area contributed by atoms with Crippen LogP contribution in [0.2, 0.25) is 0 Å². The molecule has 6 nitrogen and oxygen atoms in total. The molecule has 9 heteroatoms. The van der Waals surface area contributed by atoms with Crippen molar-refractivity contribution < 1.29 is 21.6 Å². The van der Waals surface area contributed by atoms with E-state index in [1.165, 1.54) is 29.6 Å². The molecular weight excluding hydrogens is 406 g/mol. The first-order valence-corrected chi connectivity index (χ1v) is 11.6. The smallest absolute Gasteiger partial charge is 0.268 e. The number of hydrogen-bond acceptors (Lipinski definition) is 6. The van der Waals surface area contributed by atoms with Gasteiger partial charge < -0.3 is 0 Å². The van der Waals surface area contributed by atoms with Gasteiger partial charge in [-0.05, 0) is 37.3 Å². The fourth-order valence-electron chi connectivity index (χ4n) is 2.25. The van der Waals surface area contributed by atoms with Gasteiger partial charge in [-0.15, -0.1) is 11.3 Å². The minimum Gasteiger partial charge on any atom is -0.268 e. The molecule has 0 fully saturated rings. The molecule has 3 rings (SSSR count). The van der Waals surface area contributed by atoms with Gasteiger partial charge in [-0.25, -0.2) is 21.6 Å². The Hall–Kier alpha value is -2.49. The molecule has 0 radical (unpaired) electrons. The van der Waals surface area contributed by atoms with Crippen molar-refractivity contribution in [2.45, 2.75) is 20.9 Å². The predicted octanol–water partition coefficient (Wildman–Crippen LogP) is 3.01. The summed E-state index contributed by atoms with van der Waals surface area (Å²) in [6.45, 7) is 1.85. The minimum atomic E-state index is -4.18. The highest BCUT2D eigenvalue weighted by Crippen LogP contribution is 2.28. The number of rotatable bonds is 5. The lowest BCUT2D eigenvalue weighted by Crippen LogP contribution is -2.30. The number of carbonyl (C=O) groups is 1. The van der Waals surface area contributed by atoms with Gasteiger partial charge in [-0.2, -0.15) is 0 Å². The lowest BCUT2D eigenvalue weighted by Gasteiger charge is -2.05. The largest absolute Gasteiger partial charge is 0.273 e. The normalized spacial score (nSPS) is 11.9. The standard InChI is InChI=1S/C18H15NO5S3/c1-13-7-9-14(10-8-13)18(20)19-27(23,24)17-11-16(12-25-17)26(21,22)15-5-3-2-4-6-15/h2-12H,1H3,(H,19,20). The summed E-state index contributed by atoms with van der Waals surface area (Å²) in [5.74, 6) is -0.782. The molecule has 0 unspecified atom stereocenters. The van der Waals surface area contributed by atoms with Crippen molar-refractivity contribution in [3.8, 4) is 0 Å². The molecule has 1 heterocycles. The number of amides is 1. The number of benzene rings is 2. The Morgan fingerprint density at radius 3 is 2.15 bits per heavy atom. The van der Waals surface area contributed by atoms with Crippen LogP contribution in [0.15, 0.2) is 80.0 Å². The monoisotopic (exact) mass is 421 g/mol. The Balaban J connectivity index is 1.87. The summed E-state index contributed by atoms with van der Waals surface area (Å²) in [5.41, 5.74) is 1.13. The molecule has 0 bridgehead atoms. The molecule has 1 N–H and O–H groups in total. The third-order valence-electron chi connectivity index (χ3n) is 3.72. The van der Waals surface area contributed by atoms with Crippen LogP contribution in [-0.4, -0.2) is 22.7 Å². The van der Waals surface area contributed by atoms with Gasteiger partial charge in [-0.3, -0.25) is 4.79 Å². The van der Waals surface area contributed by atoms with Crippen molar-refractivity contribution in [1.82, 2.24) is 4.72 Å². The molecule has 0 atom stereocenters. The van der Waals surface area contributed by atoms with Gasteiger partial charge in [0.25, 0.3) is 15.9 Å². The Morgan fingerprint density at radius 2 is 1.52 bits per heavy atom. The van der Waals surface area contributed by atoms with Crippen molar-refractivity contribution in [3.63, 3.8) is 0 Å². The molecule has 0 saturated carbocycles. The fourth-order valence-corrected chi connectivity index (χ4v) is 6.13. The van der Waals surface area contributed by atoms with Crippen molar-refractivity contribution in [3.05, 3.63) is 77.2 Å². The number of carbonyl (C=O) groups excluding carboxylic acids is 1. The van der Waals surface area contributed by atoms with E-state index in [4.69, 9.17) is 0 Å². The van der Waals surface area contributed by atoms with Gasteiger partial charge >= 0.3 is 0 Å². The number of sulfonamides is 1. The summed E-state index contributed by atoms with van der Waals surface area (Å²) in [6.07, 6.45) is 0. The summed E-state index contributed by atoms with van der Waals surface area (Å²) in [5, 5.41) is 1.24. The maximum atomic E-state index is 12.6. The van der Waals surface area contributed by atoms with E-state index in [-0.39, 0.29) is 19.6 Å². The second-order valence-electron chi connectivity index (χ2n) is 5.72. The Bertz CT molecular complexity index is 1180. The number of thiophene rings is 1. The highest BCUT2D eigenvalue weighted by Gasteiger charge is 2.25. The lowest BCUT2D eigenvalue weighted by atomic mass is 10.1. The summed E-state index contributed by atoms with van der Waals surface area (Å²) in [7, 11) is -8.02. The number of hydrogen-bond donors (Lipinski definition) is 1. The predicted molar refractivity (Wildman–Crippen MR) is 102 cm³/mol. The van der Waals surface area contributed by atoms with Crippen LogP contribution in [0.3, 0.4) is 0 Å². The van der Waals surface area contributed by atoms with Gasteiger partial charge in [0.15, 0.2) is 0 Å². The van der Waals surface area contributed by atoms with E-state index in [0.717, 1.165) is 23.0 Å². The van der Waals surface area contributed by atoms with E-state index < -0.39 is 25.8 Å². The Morgan fingerprint density at radius 1 is 0.889 bits per heavy atom. The molecule has 2 aromatic carbocycles. The van der Waals surface area contributed by atoms with Crippen molar-refractivity contribution >= 4 is 37.1 Å². The van der Waals surface area contributed by atoms with Crippen LogP contribution < -0.4 is 4.72 Å². The molecule has 0 aliphatic heterocycles. The summed E-state index contributed by atoms with van der Waals surface area (Å²) >= 11 is 0.736. The SMILES string of the molecule is Cc1ccc(C(=O)NS(=O)(=O)c2cc(S(=O)(=O)c3ccccc3)cs2)cc1. The van der Waals surface area contributed by atoms with Crippen molar-refractivity contribution in [2.24, 2.45) is 0 Å². The molecule has 0 spiro atoms. The van der Waals surface area contributed by atoms with Crippen LogP contribution in [0.4, 0.5) is 0 Å². The second-order valence-corrected chi connectivity index (χ2v) is 10.5. The summed E-state index contributed by atoms with van der Waals surface area (Å²) < 4.78 is 51.7. The molecule has 0 saturated heterocycles. The lowest BCUT2D eigenvalue weighted by molar-refractivity contribution is 0.0981. The Kier molecular flexibility index (Phi) is 5.18. The van der Waals surface area contributed by atoms with Gasteiger partial charge in [-0.1, -0.05) is 35.9 Å². The van der Waals surface area contributed by atoms with Crippen molar-refractivity contribution in [1.29, 1.82) is 0 Å². The van der Waals surface area contributed by atoms with Gasteiger partial charge in [0.2, 0.25) is 9.84 Å². The molecule has 3 aromatic rings. The molecule has 0 aliphatic carbocycles. The molecule has 0 aliphatic rings. The maximum Gasteiger partial charge on any atom is 0.273 e. The number of sulfone groups is 1. The highest BCUT2D eigenvalue weighted by atomic mass is 32.2. The average Bonchev–Trinajstić information content (AvgIpc) is 3.14. The first kappa shape index (κ1) is 19.3. The maximum absolute atomic E-state index is 12.6. The third kappa shape index (κ3) is 4.10. The zero-order valence-electron chi connectivity index (χ0n) is 14.1. The van der Waals surface area contributed by atoms with Crippen LogP contribution >= 0.6 is 11.3 Å². The van der Waals surface area contributed by atoms with Crippen LogP contribution in [0.25, 0.3) is 0 Å². The Labute approximate surface area is 161 Å². The number of aryl methyl sites for hydroxylation is 1. The van der Waals surface area contributed by atoms with Crippen LogP contribution in [0, 0.1) is 6.92 Å². The van der Waals surface area contributed by atoms with E-state index in [9.17, 15) is 21.6 Å². The zero-order chi connectivity index (χ0) is 19.7. The van der Waals surface area contributed by atoms with Crippen LogP contribution in [0.1, 0.15) is 15.9 Å². The third-order valence-corrected chi connectivity index (χ3v) is 8.39. The van der Waals surface area contributed by atoms with E-state index in [2.05, 4.69) is 0 Å². The average molecular weight is 422 g/mol. The molecule has 1 aromatic heterocycles. The van der Waals surface area contributed by atoms with Crippen molar-refractivity contribution in [2.75, 3.05) is 0 Å². The quantitative estimate of drug-likeness (QED) is 0.683. The molecule has 27 heavy (non-hydrogen) atoms. The summed E-state index contributed by atoms with van der Waals surface area (Å²) in [6, 6.07) is 15.2. The highest BCUT2D eigenvalue weighted by molar-refractivity contribution is 7.93. The van der Waals surface area contributed by atoms with Gasteiger partial charge in [0, 0.05) is 10.9 Å². The summed E-state index contributed by atoms with van der Waals surface area (Å²) in [4.78, 5) is 12.1. The molecule has 1 amide bonds. The van der Waals surface area contributed by atoms with Crippen LogP contribution in [-0.2, 0) is 19.9 Å². The van der Waals surface area contributed by atoms with Crippen LogP contribution in [0.5, 0.6) is 0 Å². The van der Waals surface area contributed by atoms with Gasteiger partial charge in [0.05, 0.1) is 9.79 Å². The second kappa shape index (κ2) is 7.26.